The maximum Gasteiger partial charge on any atom is 0.0589 e. The van der Waals surface area contributed by atoms with Crippen LogP contribution in [0.1, 0.15) is 22.2 Å². The van der Waals surface area contributed by atoms with Crippen LogP contribution < -0.4 is 5.73 Å². The Labute approximate surface area is 120 Å². The van der Waals surface area contributed by atoms with Gasteiger partial charge in [-0.2, -0.15) is 0 Å². The molecule has 1 atom stereocenters. The molecule has 0 aliphatic carbocycles. The monoisotopic (exact) mass is 286 g/mol. The topological polar surface area (TPSA) is 47.7 Å². The van der Waals surface area contributed by atoms with Crippen molar-refractivity contribution < 1.29 is 9.47 Å². The van der Waals surface area contributed by atoms with Crippen LogP contribution in [0.5, 0.6) is 0 Å². The molecule has 2 N–H and O–H groups in total. The third-order valence-corrected chi connectivity index (χ3v) is 4.23. The van der Waals surface area contributed by atoms with E-state index in [1.807, 2.05) is 11.3 Å². The molecule has 1 heterocycles. The Kier molecular flexibility index (Phi) is 8.25. The first-order valence-corrected chi connectivity index (χ1v) is 7.53. The Morgan fingerprint density at radius 3 is 2.47 bits per heavy atom. The number of thiophene rings is 1. The Morgan fingerprint density at radius 2 is 1.95 bits per heavy atom. The van der Waals surface area contributed by atoms with Crippen LogP contribution in [0.2, 0.25) is 0 Å². The fraction of sp³-hybridized carbons (Fsp3) is 0.714. The van der Waals surface area contributed by atoms with Crippen molar-refractivity contribution in [3.05, 3.63) is 21.9 Å². The fourth-order valence-corrected chi connectivity index (χ4v) is 3.15. The molecule has 1 rings (SSSR count). The van der Waals surface area contributed by atoms with Crippen molar-refractivity contribution in [3.8, 4) is 0 Å². The van der Waals surface area contributed by atoms with Gasteiger partial charge in [-0.05, 0) is 25.5 Å². The summed E-state index contributed by atoms with van der Waals surface area (Å²) in [6.45, 7) is 6.16. The van der Waals surface area contributed by atoms with Crippen molar-refractivity contribution in [2.75, 3.05) is 47.1 Å². The van der Waals surface area contributed by atoms with Gasteiger partial charge in [-0.1, -0.05) is 0 Å². The molecule has 19 heavy (non-hydrogen) atoms. The summed E-state index contributed by atoms with van der Waals surface area (Å²) in [7, 11) is 3.47. The minimum atomic E-state index is 0.283. The highest BCUT2D eigenvalue weighted by Crippen LogP contribution is 2.26. The molecule has 0 saturated carbocycles. The summed E-state index contributed by atoms with van der Waals surface area (Å²) >= 11 is 1.83. The first kappa shape index (κ1) is 16.6. The second-order valence-electron chi connectivity index (χ2n) is 4.58. The van der Waals surface area contributed by atoms with Crippen molar-refractivity contribution >= 4 is 11.3 Å². The van der Waals surface area contributed by atoms with Crippen LogP contribution in [-0.4, -0.2) is 52.0 Å². The summed E-state index contributed by atoms with van der Waals surface area (Å²) in [5.74, 6) is 0. The number of nitrogens with two attached hydrogens (primary N) is 1. The molecule has 5 heteroatoms. The van der Waals surface area contributed by atoms with E-state index in [0.29, 0.717) is 6.54 Å². The number of hydrogen-bond donors (Lipinski definition) is 1. The zero-order valence-electron chi connectivity index (χ0n) is 12.2. The molecule has 0 saturated heterocycles. The molecular formula is C14H26N2O2S. The lowest BCUT2D eigenvalue weighted by molar-refractivity contribution is 0.109. The van der Waals surface area contributed by atoms with Crippen molar-refractivity contribution in [2.24, 2.45) is 5.73 Å². The first-order chi connectivity index (χ1) is 9.22. The predicted octanol–water partition coefficient (Wildman–Crippen LogP) is 2.04. The van der Waals surface area contributed by atoms with Crippen molar-refractivity contribution in [1.82, 2.24) is 4.90 Å². The molecule has 0 bridgehead atoms. The van der Waals surface area contributed by atoms with E-state index in [1.54, 1.807) is 14.2 Å². The predicted molar refractivity (Wildman–Crippen MR) is 80.8 cm³/mol. The second kappa shape index (κ2) is 9.44. The van der Waals surface area contributed by atoms with Crippen LogP contribution in [0.3, 0.4) is 0 Å². The van der Waals surface area contributed by atoms with E-state index in [0.717, 1.165) is 32.7 Å². The van der Waals surface area contributed by atoms with Gasteiger partial charge in [-0.15, -0.1) is 11.3 Å². The third-order valence-electron chi connectivity index (χ3n) is 3.13. The van der Waals surface area contributed by atoms with Gasteiger partial charge in [0.05, 0.1) is 12.6 Å². The van der Waals surface area contributed by atoms with Gasteiger partial charge in [0, 0.05) is 50.2 Å². The largest absolute Gasteiger partial charge is 0.385 e. The molecule has 0 amide bonds. The summed E-state index contributed by atoms with van der Waals surface area (Å²) in [5, 5.41) is 0. The number of methoxy groups -OCH3 is 2. The van der Waals surface area contributed by atoms with E-state index in [-0.39, 0.29) is 6.04 Å². The zero-order valence-corrected chi connectivity index (χ0v) is 13.0. The molecule has 0 aromatic carbocycles. The van der Waals surface area contributed by atoms with Gasteiger partial charge < -0.3 is 15.2 Å². The summed E-state index contributed by atoms with van der Waals surface area (Å²) in [4.78, 5) is 5.07. The van der Waals surface area contributed by atoms with Crippen molar-refractivity contribution in [2.45, 2.75) is 19.4 Å². The van der Waals surface area contributed by atoms with E-state index in [2.05, 4.69) is 24.0 Å². The number of aryl methyl sites for hydroxylation is 1. The van der Waals surface area contributed by atoms with Gasteiger partial charge >= 0.3 is 0 Å². The Hall–Kier alpha value is -0.460. The van der Waals surface area contributed by atoms with Crippen molar-refractivity contribution in [3.63, 3.8) is 0 Å². The Morgan fingerprint density at radius 1 is 1.21 bits per heavy atom. The van der Waals surface area contributed by atoms with Crippen LogP contribution in [0.25, 0.3) is 0 Å². The standard InChI is InChI=1S/C14H26N2O2S/c1-12-5-6-14(19-12)13(11-15)16(8-10-18-3)7-4-9-17-2/h5-6,13H,4,7-11,15H2,1-3H3. The molecule has 1 aromatic heterocycles. The van der Waals surface area contributed by atoms with Crippen LogP contribution in [-0.2, 0) is 9.47 Å². The van der Waals surface area contributed by atoms with Gasteiger partial charge in [0.1, 0.15) is 0 Å². The minimum Gasteiger partial charge on any atom is -0.385 e. The van der Waals surface area contributed by atoms with E-state index in [1.165, 1.54) is 9.75 Å². The highest BCUT2D eigenvalue weighted by molar-refractivity contribution is 7.12. The number of ether oxygens (including phenoxy) is 2. The summed E-state index contributed by atoms with van der Waals surface area (Å²) in [5.41, 5.74) is 5.98. The molecule has 0 spiro atoms. The Balaban J connectivity index is 2.67. The maximum absolute atomic E-state index is 5.98. The highest BCUT2D eigenvalue weighted by Gasteiger charge is 2.19. The van der Waals surface area contributed by atoms with E-state index < -0.39 is 0 Å². The normalized spacial score (nSPS) is 13.1. The molecule has 0 fully saturated rings. The molecule has 1 aromatic rings. The van der Waals surface area contributed by atoms with Gasteiger partial charge in [-0.3, -0.25) is 4.90 Å². The number of rotatable bonds is 10. The smallest absolute Gasteiger partial charge is 0.0589 e. The maximum atomic E-state index is 5.98. The SMILES string of the molecule is COCCCN(CCOC)C(CN)c1ccc(C)s1. The van der Waals surface area contributed by atoms with Crippen LogP contribution in [0, 0.1) is 6.92 Å². The molecule has 4 nitrogen and oxygen atoms in total. The number of nitrogens with zero attached hydrogens (tertiary/aromatic N) is 1. The van der Waals surface area contributed by atoms with E-state index >= 15 is 0 Å². The lowest BCUT2D eigenvalue weighted by Crippen LogP contribution is -2.36. The quantitative estimate of drug-likeness (QED) is 0.669. The van der Waals surface area contributed by atoms with Gasteiger partial charge in [0.25, 0.3) is 0 Å². The second-order valence-corrected chi connectivity index (χ2v) is 5.89. The molecular weight excluding hydrogens is 260 g/mol. The molecule has 0 aliphatic heterocycles. The average molecular weight is 286 g/mol. The lowest BCUT2D eigenvalue weighted by Gasteiger charge is -2.30. The van der Waals surface area contributed by atoms with Crippen molar-refractivity contribution in [1.29, 1.82) is 0 Å². The lowest BCUT2D eigenvalue weighted by atomic mass is 10.2. The number of hydrogen-bond acceptors (Lipinski definition) is 5. The molecule has 0 radical (unpaired) electrons. The van der Waals surface area contributed by atoms with Gasteiger partial charge in [0.15, 0.2) is 0 Å². The fourth-order valence-electron chi connectivity index (χ4n) is 2.12. The zero-order chi connectivity index (χ0) is 14.1. The van der Waals surface area contributed by atoms with Gasteiger partial charge in [-0.25, -0.2) is 0 Å². The highest BCUT2D eigenvalue weighted by atomic mass is 32.1. The first-order valence-electron chi connectivity index (χ1n) is 6.71. The third kappa shape index (κ3) is 5.58. The summed E-state index contributed by atoms with van der Waals surface area (Å²) in [6, 6.07) is 4.63. The van der Waals surface area contributed by atoms with E-state index in [9.17, 15) is 0 Å². The Bertz CT molecular complexity index is 344. The van der Waals surface area contributed by atoms with Gasteiger partial charge in [0.2, 0.25) is 0 Å². The van der Waals surface area contributed by atoms with E-state index in [4.69, 9.17) is 15.2 Å². The summed E-state index contributed by atoms with van der Waals surface area (Å²) in [6.07, 6.45) is 1.01. The molecule has 1 unspecified atom stereocenters. The van der Waals surface area contributed by atoms with Crippen LogP contribution in [0.15, 0.2) is 12.1 Å². The molecule has 0 aliphatic rings. The molecule has 110 valence electrons. The summed E-state index contributed by atoms with van der Waals surface area (Å²) < 4.78 is 10.3. The van der Waals surface area contributed by atoms with Crippen LogP contribution in [0.4, 0.5) is 0 Å². The van der Waals surface area contributed by atoms with Crippen LogP contribution >= 0.6 is 11.3 Å². The minimum absolute atomic E-state index is 0.283. The average Bonchev–Trinajstić information content (AvgIpc) is 2.83.